The van der Waals surface area contributed by atoms with E-state index in [4.69, 9.17) is 4.74 Å². The number of hydrogen-bond acceptors (Lipinski definition) is 3. The van der Waals surface area contributed by atoms with Crippen molar-refractivity contribution in [1.82, 2.24) is 9.55 Å². The molecule has 4 nitrogen and oxygen atoms in total. The number of imidazole rings is 1. The maximum Gasteiger partial charge on any atom is 0.0985 e. The predicted molar refractivity (Wildman–Crippen MR) is 77.4 cm³/mol. The summed E-state index contributed by atoms with van der Waals surface area (Å²) >= 11 is 0. The Bertz CT molecular complexity index is 437. The molecule has 3 rings (SSSR count). The van der Waals surface area contributed by atoms with E-state index in [9.17, 15) is 5.11 Å². The van der Waals surface area contributed by atoms with Gasteiger partial charge in [0.15, 0.2) is 0 Å². The zero-order chi connectivity index (χ0) is 14.0. The van der Waals surface area contributed by atoms with E-state index in [2.05, 4.69) is 16.5 Å². The molecule has 2 heterocycles. The van der Waals surface area contributed by atoms with Gasteiger partial charge >= 0.3 is 0 Å². The molecule has 0 amide bonds. The van der Waals surface area contributed by atoms with Gasteiger partial charge in [-0.25, -0.2) is 4.98 Å². The SMILES string of the molecule is CCCn1cncc1C(O)C1CCOC2(CCCC2)C1. The van der Waals surface area contributed by atoms with Gasteiger partial charge in [-0.3, -0.25) is 0 Å². The van der Waals surface area contributed by atoms with E-state index >= 15 is 0 Å². The van der Waals surface area contributed by atoms with E-state index in [1.165, 1.54) is 25.7 Å². The van der Waals surface area contributed by atoms with Crippen molar-refractivity contribution in [3.63, 3.8) is 0 Å². The van der Waals surface area contributed by atoms with Crippen molar-refractivity contribution >= 4 is 0 Å². The van der Waals surface area contributed by atoms with E-state index in [1.54, 1.807) is 0 Å². The zero-order valence-corrected chi connectivity index (χ0v) is 12.4. The maximum atomic E-state index is 10.8. The molecular weight excluding hydrogens is 252 g/mol. The summed E-state index contributed by atoms with van der Waals surface area (Å²) in [6.07, 6.45) is 11.2. The number of ether oxygens (including phenoxy) is 1. The first-order valence-electron chi connectivity index (χ1n) is 8.06. The minimum absolute atomic E-state index is 0.0690. The lowest BCUT2D eigenvalue weighted by Crippen LogP contribution is -2.39. The smallest absolute Gasteiger partial charge is 0.0985 e. The van der Waals surface area contributed by atoms with Crippen LogP contribution >= 0.6 is 0 Å². The Morgan fingerprint density at radius 3 is 3.05 bits per heavy atom. The molecule has 112 valence electrons. The lowest BCUT2D eigenvalue weighted by atomic mass is 9.81. The third kappa shape index (κ3) is 2.63. The number of hydrogen-bond donors (Lipinski definition) is 1. The molecule has 0 radical (unpaired) electrons. The summed E-state index contributed by atoms with van der Waals surface area (Å²) in [4.78, 5) is 4.22. The Hall–Kier alpha value is -0.870. The molecular formula is C16H26N2O2. The van der Waals surface area contributed by atoms with Crippen LogP contribution in [0, 0.1) is 5.92 Å². The van der Waals surface area contributed by atoms with Crippen LogP contribution in [0.1, 0.15) is 63.7 Å². The second-order valence-electron chi connectivity index (χ2n) is 6.45. The Morgan fingerprint density at radius 1 is 1.50 bits per heavy atom. The van der Waals surface area contributed by atoms with Gasteiger partial charge in [-0.05, 0) is 38.0 Å². The van der Waals surface area contributed by atoms with E-state index in [0.29, 0.717) is 5.92 Å². The van der Waals surface area contributed by atoms with Crippen LogP contribution in [-0.4, -0.2) is 26.9 Å². The van der Waals surface area contributed by atoms with E-state index in [0.717, 1.165) is 38.1 Å². The van der Waals surface area contributed by atoms with Gasteiger partial charge < -0.3 is 14.4 Å². The average molecular weight is 278 g/mol. The minimum Gasteiger partial charge on any atom is -0.387 e. The van der Waals surface area contributed by atoms with Crippen LogP contribution in [0.2, 0.25) is 0 Å². The predicted octanol–water partition coefficient (Wildman–Crippen LogP) is 3.07. The summed E-state index contributed by atoms with van der Waals surface area (Å²) in [7, 11) is 0. The number of aryl methyl sites for hydroxylation is 1. The molecule has 1 aromatic heterocycles. The average Bonchev–Trinajstić information content (AvgIpc) is 3.09. The van der Waals surface area contributed by atoms with E-state index in [-0.39, 0.29) is 5.60 Å². The third-order valence-corrected chi connectivity index (χ3v) is 5.00. The monoisotopic (exact) mass is 278 g/mol. The maximum absolute atomic E-state index is 10.8. The molecule has 1 saturated heterocycles. The second-order valence-corrected chi connectivity index (χ2v) is 6.45. The zero-order valence-electron chi connectivity index (χ0n) is 12.4. The highest BCUT2D eigenvalue weighted by atomic mass is 16.5. The first-order valence-corrected chi connectivity index (χ1v) is 8.06. The molecule has 4 heteroatoms. The molecule has 20 heavy (non-hydrogen) atoms. The Labute approximate surface area is 121 Å². The largest absolute Gasteiger partial charge is 0.387 e. The fraction of sp³-hybridized carbons (Fsp3) is 0.812. The summed E-state index contributed by atoms with van der Waals surface area (Å²) in [5, 5.41) is 10.8. The highest BCUT2D eigenvalue weighted by molar-refractivity contribution is 5.06. The van der Waals surface area contributed by atoms with Crippen molar-refractivity contribution in [3.05, 3.63) is 18.2 Å². The molecule has 1 aliphatic heterocycles. The van der Waals surface area contributed by atoms with E-state index < -0.39 is 6.10 Å². The van der Waals surface area contributed by atoms with Gasteiger partial charge in [0.25, 0.3) is 0 Å². The Kier molecular flexibility index (Phi) is 4.13. The molecule has 2 atom stereocenters. The van der Waals surface area contributed by atoms with Gasteiger partial charge in [-0.2, -0.15) is 0 Å². The molecule has 0 bridgehead atoms. The van der Waals surface area contributed by atoms with Crippen molar-refractivity contribution in [2.45, 2.75) is 70.1 Å². The van der Waals surface area contributed by atoms with Crippen molar-refractivity contribution in [3.8, 4) is 0 Å². The molecule has 0 aromatic carbocycles. The summed E-state index contributed by atoms with van der Waals surface area (Å²) in [6, 6.07) is 0. The van der Waals surface area contributed by atoms with Crippen molar-refractivity contribution < 1.29 is 9.84 Å². The van der Waals surface area contributed by atoms with E-state index in [1.807, 2.05) is 12.5 Å². The van der Waals surface area contributed by atoms with Crippen molar-refractivity contribution in [2.24, 2.45) is 5.92 Å². The summed E-state index contributed by atoms with van der Waals surface area (Å²) in [5.41, 5.74) is 1.05. The minimum atomic E-state index is -0.398. The van der Waals surface area contributed by atoms with Crippen LogP contribution in [-0.2, 0) is 11.3 Å². The highest BCUT2D eigenvalue weighted by Crippen LogP contribution is 2.45. The molecule has 2 aliphatic rings. The molecule has 1 saturated carbocycles. The summed E-state index contributed by atoms with van der Waals surface area (Å²) in [6.45, 7) is 3.88. The molecule has 2 unspecified atom stereocenters. The van der Waals surface area contributed by atoms with Crippen LogP contribution in [0.3, 0.4) is 0 Å². The first kappa shape index (κ1) is 14.1. The van der Waals surface area contributed by atoms with Gasteiger partial charge in [0, 0.05) is 13.2 Å². The molecule has 1 N–H and O–H groups in total. The van der Waals surface area contributed by atoms with Gasteiger partial charge in [0.05, 0.1) is 29.9 Å². The quantitative estimate of drug-likeness (QED) is 0.920. The summed E-state index contributed by atoms with van der Waals surface area (Å²) < 4.78 is 8.17. The van der Waals surface area contributed by atoms with Crippen LogP contribution < -0.4 is 0 Å². The lowest BCUT2D eigenvalue weighted by Gasteiger charge is -2.40. The number of aromatic nitrogens is 2. The number of aliphatic hydroxyl groups excluding tert-OH is 1. The van der Waals surface area contributed by atoms with Crippen LogP contribution in [0.15, 0.2) is 12.5 Å². The van der Waals surface area contributed by atoms with Crippen LogP contribution in [0.4, 0.5) is 0 Å². The number of rotatable bonds is 4. The summed E-state index contributed by atoms with van der Waals surface area (Å²) in [5.74, 6) is 0.314. The number of aliphatic hydroxyl groups is 1. The topological polar surface area (TPSA) is 47.3 Å². The van der Waals surface area contributed by atoms with Gasteiger partial charge in [0.2, 0.25) is 0 Å². The molecule has 1 aliphatic carbocycles. The fourth-order valence-corrected chi connectivity index (χ4v) is 3.95. The van der Waals surface area contributed by atoms with Gasteiger partial charge in [0.1, 0.15) is 0 Å². The van der Waals surface area contributed by atoms with Gasteiger partial charge in [-0.1, -0.05) is 19.8 Å². The second kappa shape index (κ2) is 5.86. The van der Waals surface area contributed by atoms with Crippen LogP contribution in [0.25, 0.3) is 0 Å². The van der Waals surface area contributed by atoms with Crippen molar-refractivity contribution in [2.75, 3.05) is 6.61 Å². The third-order valence-electron chi connectivity index (χ3n) is 5.00. The normalized spacial score (nSPS) is 27.0. The fourth-order valence-electron chi connectivity index (χ4n) is 3.95. The molecule has 1 spiro atoms. The Balaban J connectivity index is 1.72. The van der Waals surface area contributed by atoms with Crippen molar-refractivity contribution in [1.29, 1.82) is 0 Å². The molecule has 2 fully saturated rings. The number of nitrogens with zero attached hydrogens (tertiary/aromatic N) is 2. The Morgan fingerprint density at radius 2 is 2.30 bits per heavy atom. The first-order chi connectivity index (χ1) is 9.74. The van der Waals surface area contributed by atoms with Crippen LogP contribution in [0.5, 0.6) is 0 Å². The van der Waals surface area contributed by atoms with Gasteiger partial charge in [-0.15, -0.1) is 0 Å². The lowest BCUT2D eigenvalue weighted by molar-refractivity contribution is -0.114. The standard InChI is InChI=1S/C16H26N2O2/c1-2-8-18-12-17-11-14(18)15(19)13-5-9-20-16(10-13)6-3-4-7-16/h11-13,15,19H,2-10H2,1H3. The molecule has 1 aromatic rings. The highest BCUT2D eigenvalue weighted by Gasteiger charge is 2.42.